The molecule has 120 valence electrons. The molecule has 6 nitrogen and oxygen atoms in total. The fourth-order valence-electron chi connectivity index (χ4n) is 1.95. The lowest BCUT2D eigenvalue weighted by molar-refractivity contribution is -0.657. The highest BCUT2D eigenvalue weighted by molar-refractivity contribution is 5.64. The molecule has 1 aromatic heterocycles. The smallest absolute Gasteiger partial charge is 0.421 e. The van der Waals surface area contributed by atoms with Crippen LogP contribution in [0.5, 0.6) is 0 Å². The van der Waals surface area contributed by atoms with Crippen molar-refractivity contribution in [3.05, 3.63) is 36.7 Å². The van der Waals surface area contributed by atoms with Gasteiger partial charge in [0.05, 0.1) is 32.2 Å². The molecule has 1 N–H and O–H groups in total. The maximum atomic E-state index is 4.38. The summed E-state index contributed by atoms with van der Waals surface area (Å²) in [4.78, 5) is 2.14. The highest BCUT2D eigenvalue weighted by Crippen LogP contribution is 2.25. The van der Waals surface area contributed by atoms with Crippen LogP contribution in [0.2, 0.25) is 0 Å². The quantitative estimate of drug-likeness (QED) is 0.563. The molecule has 0 unspecified atom stereocenters. The lowest BCUT2D eigenvalue weighted by Crippen LogP contribution is -3.00. The van der Waals surface area contributed by atoms with Crippen LogP contribution >= 0.6 is 0 Å². The van der Waals surface area contributed by atoms with Gasteiger partial charge in [-0.3, -0.25) is 0 Å². The molecule has 0 fully saturated rings. The first-order valence-electron chi connectivity index (χ1n) is 6.98. The predicted octanol–water partition coefficient (Wildman–Crippen LogP) is -0.757. The summed E-state index contributed by atoms with van der Waals surface area (Å²) in [7, 11) is 8.02. The van der Waals surface area contributed by atoms with E-state index in [1.54, 1.807) is 0 Å². The minimum atomic E-state index is 0. The first-order valence-corrected chi connectivity index (χ1v) is 6.98. The number of benzene rings is 1. The number of aromatic nitrogens is 2. The monoisotopic (exact) mass is 306 g/mol. The summed E-state index contributed by atoms with van der Waals surface area (Å²) in [6, 6.07) is 7.95. The molecule has 7 heteroatoms. The molecule has 0 saturated carbocycles. The zero-order chi connectivity index (χ0) is 15.2. The molecule has 0 saturated heterocycles. The van der Waals surface area contributed by atoms with E-state index in [1.165, 1.54) is 0 Å². The van der Waals surface area contributed by atoms with Gasteiger partial charge >= 0.3 is 5.95 Å². The summed E-state index contributed by atoms with van der Waals surface area (Å²) in [6.45, 7) is 1.84. The minimum absolute atomic E-state index is 0. The average molecular weight is 306 g/mol. The molecule has 0 aliphatic rings. The molecule has 0 spiro atoms. The average Bonchev–Trinajstić information content (AvgIpc) is 2.77. The zero-order valence-electron chi connectivity index (χ0n) is 13.5. The molecular weight excluding hydrogens is 283 g/mol. The summed E-state index contributed by atoms with van der Waals surface area (Å²) in [5, 5.41) is 12.1. The Morgan fingerprint density at radius 3 is 2.59 bits per heavy atom. The van der Waals surface area contributed by atoms with Crippen LogP contribution in [0.15, 0.2) is 46.9 Å². The number of nitrogens with one attached hydrogen (secondary N) is 1. The largest absolute Gasteiger partial charge is 1.00 e. The molecule has 2 aromatic rings. The number of para-hydroxylation sites is 1. The number of hydrogen-bond acceptors (Lipinski definition) is 4. The van der Waals surface area contributed by atoms with Gasteiger partial charge in [0.15, 0.2) is 0 Å². The molecular formula is C15H23FN6. The SMILES string of the molecule is CN(C)CCNc1ccccc1N=Nc1n(C)cc[n+]1C.[F-]. The van der Waals surface area contributed by atoms with Crippen molar-refractivity contribution in [3.63, 3.8) is 0 Å². The minimum Gasteiger partial charge on any atom is -1.00 e. The molecule has 2 rings (SSSR count). The van der Waals surface area contributed by atoms with Gasteiger partial charge < -0.3 is 14.9 Å². The van der Waals surface area contributed by atoms with E-state index in [2.05, 4.69) is 34.5 Å². The predicted molar refractivity (Wildman–Crippen MR) is 84.3 cm³/mol. The number of nitrogens with zero attached hydrogens (tertiary/aromatic N) is 5. The van der Waals surface area contributed by atoms with Gasteiger partial charge in [0.25, 0.3) is 0 Å². The van der Waals surface area contributed by atoms with Crippen molar-refractivity contribution in [1.29, 1.82) is 0 Å². The third-order valence-electron chi connectivity index (χ3n) is 3.17. The topological polar surface area (TPSA) is 48.8 Å². The van der Waals surface area contributed by atoms with Gasteiger partial charge in [0.2, 0.25) is 0 Å². The van der Waals surface area contributed by atoms with Gasteiger partial charge in [-0.1, -0.05) is 17.2 Å². The summed E-state index contributed by atoms with van der Waals surface area (Å²) < 4.78 is 3.87. The molecule has 22 heavy (non-hydrogen) atoms. The fourth-order valence-corrected chi connectivity index (χ4v) is 1.95. The summed E-state index contributed by atoms with van der Waals surface area (Å²) >= 11 is 0. The molecule has 0 bridgehead atoms. The van der Waals surface area contributed by atoms with E-state index in [9.17, 15) is 0 Å². The molecule has 1 aromatic carbocycles. The highest BCUT2D eigenvalue weighted by atomic mass is 19.0. The molecule has 0 atom stereocenters. The lowest BCUT2D eigenvalue weighted by atomic mass is 10.2. The van der Waals surface area contributed by atoms with Crippen molar-refractivity contribution in [2.45, 2.75) is 0 Å². The second kappa shape index (κ2) is 8.23. The number of rotatable bonds is 6. The van der Waals surface area contributed by atoms with Crippen LogP contribution in [-0.2, 0) is 14.1 Å². The van der Waals surface area contributed by atoms with Crippen molar-refractivity contribution >= 4 is 17.3 Å². The van der Waals surface area contributed by atoms with Gasteiger partial charge in [0.1, 0.15) is 5.69 Å². The zero-order valence-corrected chi connectivity index (χ0v) is 13.5. The highest BCUT2D eigenvalue weighted by Gasteiger charge is 2.11. The van der Waals surface area contributed by atoms with Crippen LogP contribution in [0.1, 0.15) is 0 Å². The van der Waals surface area contributed by atoms with Crippen LogP contribution in [0.3, 0.4) is 0 Å². The van der Waals surface area contributed by atoms with Crippen LogP contribution in [0.25, 0.3) is 0 Å². The van der Waals surface area contributed by atoms with Crippen LogP contribution in [-0.4, -0.2) is 36.7 Å². The van der Waals surface area contributed by atoms with Crippen LogP contribution < -0.4 is 14.6 Å². The van der Waals surface area contributed by atoms with E-state index in [0.717, 1.165) is 30.4 Å². The number of anilines is 1. The Labute approximate surface area is 130 Å². The fraction of sp³-hybridized carbons (Fsp3) is 0.400. The van der Waals surface area contributed by atoms with Crippen LogP contribution in [0, 0.1) is 0 Å². The second-order valence-electron chi connectivity index (χ2n) is 5.27. The number of azo groups is 1. The molecule has 0 amide bonds. The van der Waals surface area contributed by atoms with Gasteiger partial charge in [-0.05, 0) is 26.2 Å². The maximum absolute atomic E-state index is 4.38. The van der Waals surface area contributed by atoms with Gasteiger partial charge in [-0.25, -0.2) is 9.13 Å². The Kier molecular flexibility index (Phi) is 6.65. The van der Waals surface area contributed by atoms with Gasteiger partial charge in [-0.15, -0.1) is 0 Å². The molecule has 0 aliphatic heterocycles. The molecule has 0 radical (unpaired) electrons. The first-order chi connectivity index (χ1) is 10.1. The van der Waals surface area contributed by atoms with Gasteiger partial charge in [-0.2, -0.15) is 0 Å². The number of imidazole rings is 1. The van der Waals surface area contributed by atoms with E-state index in [1.807, 2.05) is 59.9 Å². The Hall–Kier alpha value is -2.28. The Bertz CT molecular complexity index is 601. The van der Waals surface area contributed by atoms with Crippen molar-refractivity contribution in [1.82, 2.24) is 9.47 Å². The van der Waals surface area contributed by atoms with Crippen molar-refractivity contribution in [2.75, 3.05) is 32.5 Å². The summed E-state index contributed by atoms with van der Waals surface area (Å²) in [5.41, 5.74) is 1.84. The Morgan fingerprint density at radius 1 is 1.23 bits per heavy atom. The summed E-state index contributed by atoms with van der Waals surface area (Å²) in [5.74, 6) is 0.804. The second-order valence-corrected chi connectivity index (χ2v) is 5.27. The van der Waals surface area contributed by atoms with Crippen LogP contribution in [0.4, 0.5) is 17.3 Å². The van der Waals surface area contributed by atoms with E-state index in [4.69, 9.17) is 0 Å². The first kappa shape index (κ1) is 17.8. The van der Waals surface area contributed by atoms with Gasteiger partial charge in [0, 0.05) is 18.2 Å². The molecule has 1 heterocycles. The van der Waals surface area contributed by atoms with Crippen molar-refractivity contribution < 1.29 is 9.27 Å². The number of aryl methyl sites for hydroxylation is 2. The lowest BCUT2D eigenvalue weighted by Gasteiger charge is -2.11. The standard InChI is InChI=1S/C15H22N6.FH/c1-19(2)10-9-16-13-7-5-6-8-14(13)17-18-15-20(3)11-12-21(15)4;/h5-8,11-12H,9-10H2,1-4H3;1H. The number of hydrogen-bond donors (Lipinski definition) is 1. The Morgan fingerprint density at radius 2 is 1.95 bits per heavy atom. The number of halogens is 1. The maximum Gasteiger partial charge on any atom is 0.421 e. The van der Waals surface area contributed by atoms with E-state index in [0.29, 0.717) is 0 Å². The van der Waals surface area contributed by atoms with E-state index < -0.39 is 0 Å². The Balaban J connectivity index is 0.00000242. The normalized spacial score (nSPS) is 11.0. The van der Waals surface area contributed by atoms with Crippen molar-refractivity contribution in [2.24, 2.45) is 24.3 Å². The van der Waals surface area contributed by atoms with E-state index in [-0.39, 0.29) is 4.70 Å². The summed E-state index contributed by atoms with van der Waals surface area (Å²) in [6.07, 6.45) is 3.91. The third-order valence-corrected chi connectivity index (χ3v) is 3.17. The third kappa shape index (κ3) is 4.63. The van der Waals surface area contributed by atoms with E-state index >= 15 is 0 Å². The molecule has 0 aliphatic carbocycles. The number of likely N-dealkylation sites (N-methyl/N-ethyl adjacent to an activating group) is 1. The van der Waals surface area contributed by atoms with Crippen molar-refractivity contribution in [3.8, 4) is 0 Å².